The Balaban J connectivity index is 1.92. The van der Waals surface area contributed by atoms with Gasteiger partial charge in [0, 0.05) is 22.7 Å². The fourth-order valence-corrected chi connectivity index (χ4v) is 3.55. The van der Waals surface area contributed by atoms with Gasteiger partial charge in [-0.15, -0.1) is 0 Å². The lowest BCUT2D eigenvalue weighted by atomic mass is 10.1. The van der Waals surface area contributed by atoms with E-state index in [0.29, 0.717) is 20.1 Å². The summed E-state index contributed by atoms with van der Waals surface area (Å²) in [6, 6.07) is 10.8. The Labute approximate surface area is 159 Å². The molecule has 2 heterocycles. The molecular weight excluding hydrogens is 388 g/mol. The van der Waals surface area contributed by atoms with Crippen molar-refractivity contribution in [1.29, 1.82) is 0 Å². The molecule has 0 amide bonds. The van der Waals surface area contributed by atoms with Gasteiger partial charge >= 0.3 is 0 Å². The molecule has 0 fully saturated rings. The Hall–Kier alpha value is -1.39. The molecule has 1 N–H and O–H groups in total. The number of benzene rings is 2. The van der Waals surface area contributed by atoms with Crippen molar-refractivity contribution < 1.29 is 0 Å². The maximum Gasteiger partial charge on any atom is 0.133 e. The predicted octanol–water partition coefficient (Wildman–Crippen LogP) is 6.12. The Morgan fingerprint density at radius 1 is 0.917 bits per heavy atom. The first-order chi connectivity index (χ1) is 11.5. The highest BCUT2D eigenvalue weighted by molar-refractivity contribution is 6.42. The molecule has 1 aliphatic heterocycles. The highest BCUT2D eigenvalue weighted by Crippen LogP contribution is 2.39. The second-order valence-electron chi connectivity index (χ2n) is 5.49. The van der Waals surface area contributed by atoms with Crippen molar-refractivity contribution in [3.63, 3.8) is 0 Å². The molecule has 0 saturated carbocycles. The number of hydrogen-bond donors (Lipinski definition) is 1. The van der Waals surface area contributed by atoms with Gasteiger partial charge in [0.1, 0.15) is 5.82 Å². The van der Waals surface area contributed by atoms with Gasteiger partial charge < -0.3 is 5.32 Å². The van der Waals surface area contributed by atoms with Crippen molar-refractivity contribution in [1.82, 2.24) is 9.78 Å². The van der Waals surface area contributed by atoms with Crippen LogP contribution in [0.2, 0.25) is 20.1 Å². The van der Waals surface area contributed by atoms with E-state index in [2.05, 4.69) is 5.32 Å². The molecule has 0 spiro atoms. The van der Waals surface area contributed by atoms with E-state index >= 15 is 0 Å². The van der Waals surface area contributed by atoms with E-state index in [1.54, 1.807) is 24.3 Å². The molecule has 2 aromatic carbocycles. The van der Waals surface area contributed by atoms with Gasteiger partial charge in [-0.25, -0.2) is 4.68 Å². The number of nitrogens with one attached hydrogen (secondary N) is 1. The van der Waals surface area contributed by atoms with Gasteiger partial charge in [-0.3, -0.25) is 0 Å². The fraction of sp³-hybridized carbons (Fsp3) is 0.118. The smallest absolute Gasteiger partial charge is 0.133 e. The van der Waals surface area contributed by atoms with E-state index in [0.717, 1.165) is 41.3 Å². The number of aromatic nitrogens is 2. The van der Waals surface area contributed by atoms with E-state index < -0.39 is 0 Å². The fourth-order valence-electron chi connectivity index (χ4n) is 2.87. The van der Waals surface area contributed by atoms with E-state index in [9.17, 15) is 0 Å². The summed E-state index contributed by atoms with van der Waals surface area (Å²) >= 11 is 24.7. The SMILES string of the molecule is Clc1ccc(Cl)c(-c2nn(-c3ccc(Cl)c(Cl)c3)c3c2CCN3)c1. The average Bonchev–Trinajstić information content (AvgIpc) is 3.15. The van der Waals surface area contributed by atoms with Crippen LogP contribution in [0, 0.1) is 0 Å². The zero-order chi connectivity index (χ0) is 16.8. The molecule has 0 atom stereocenters. The highest BCUT2D eigenvalue weighted by Gasteiger charge is 2.25. The molecule has 3 nitrogen and oxygen atoms in total. The molecule has 0 unspecified atom stereocenters. The lowest BCUT2D eigenvalue weighted by Crippen LogP contribution is -2.04. The number of halogens is 4. The van der Waals surface area contributed by atoms with Crippen LogP contribution in [0.1, 0.15) is 5.56 Å². The maximum atomic E-state index is 6.37. The molecule has 0 bridgehead atoms. The number of hydrogen-bond acceptors (Lipinski definition) is 2. The monoisotopic (exact) mass is 397 g/mol. The van der Waals surface area contributed by atoms with Crippen molar-refractivity contribution in [3.05, 3.63) is 62.1 Å². The van der Waals surface area contributed by atoms with E-state index in [4.69, 9.17) is 51.5 Å². The Morgan fingerprint density at radius 2 is 1.71 bits per heavy atom. The predicted molar refractivity (Wildman–Crippen MR) is 101 cm³/mol. The summed E-state index contributed by atoms with van der Waals surface area (Å²) in [5.41, 5.74) is 3.60. The van der Waals surface area contributed by atoms with Crippen molar-refractivity contribution >= 4 is 52.2 Å². The lowest BCUT2D eigenvalue weighted by Gasteiger charge is -2.07. The minimum atomic E-state index is 0.485. The Bertz CT molecular complexity index is 949. The molecule has 24 heavy (non-hydrogen) atoms. The third-order valence-electron chi connectivity index (χ3n) is 3.98. The standard InChI is InChI=1S/C17H11Cl4N3/c18-9-1-3-13(19)12(7-9)16-11-5-6-22-17(11)24(23-16)10-2-4-14(20)15(21)8-10/h1-4,7-8,22H,5-6H2. The van der Waals surface area contributed by atoms with Crippen LogP contribution in [-0.4, -0.2) is 16.3 Å². The molecular formula is C17H11Cl4N3. The number of rotatable bonds is 2. The molecule has 122 valence electrons. The average molecular weight is 399 g/mol. The van der Waals surface area contributed by atoms with Crippen molar-refractivity contribution in [2.45, 2.75) is 6.42 Å². The van der Waals surface area contributed by atoms with Gasteiger partial charge in [0.05, 0.1) is 26.4 Å². The molecule has 4 rings (SSSR count). The maximum absolute atomic E-state index is 6.37. The van der Waals surface area contributed by atoms with Gasteiger partial charge in [-0.1, -0.05) is 46.4 Å². The Kier molecular flexibility index (Phi) is 4.13. The summed E-state index contributed by atoms with van der Waals surface area (Å²) in [6.45, 7) is 0.847. The largest absolute Gasteiger partial charge is 0.369 e. The summed E-state index contributed by atoms with van der Waals surface area (Å²) in [7, 11) is 0. The lowest BCUT2D eigenvalue weighted by molar-refractivity contribution is 0.882. The highest BCUT2D eigenvalue weighted by atomic mass is 35.5. The summed E-state index contributed by atoms with van der Waals surface area (Å²) < 4.78 is 1.83. The summed E-state index contributed by atoms with van der Waals surface area (Å²) in [4.78, 5) is 0. The van der Waals surface area contributed by atoms with Crippen molar-refractivity contribution in [2.24, 2.45) is 0 Å². The van der Waals surface area contributed by atoms with Crippen molar-refractivity contribution in [3.8, 4) is 16.9 Å². The third kappa shape index (κ3) is 2.66. The van der Waals surface area contributed by atoms with Gasteiger partial charge in [0.2, 0.25) is 0 Å². The summed E-state index contributed by atoms with van der Waals surface area (Å²) in [5.74, 6) is 0.944. The van der Waals surface area contributed by atoms with E-state index in [-0.39, 0.29) is 0 Å². The van der Waals surface area contributed by atoms with Crippen LogP contribution in [0.25, 0.3) is 16.9 Å². The first kappa shape index (κ1) is 16.1. The molecule has 0 radical (unpaired) electrons. The Morgan fingerprint density at radius 3 is 2.50 bits per heavy atom. The number of anilines is 1. The zero-order valence-corrected chi connectivity index (χ0v) is 15.3. The second-order valence-corrected chi connectivity index (χ2v) is 7.14. The third-order valence-corrected chi connectivity index (χ3v) is 5.29. The summed E-state index contributed by atoms with van der Waals surface area (Å²) in [6.07, 6.45) is 0.870. The van der Waals surface area contributed by atoms with Gasteiger partial charge in [0.15, 0.2) is 0 Å². The molecule has 3 aromatic rings. The van der Waals surface area contributed by atoms with E-state index in [1.165, 1.54) is 0 Å². The quantitative estimate of drug-likeness (QED) is 0.563. The zero-order valence-electron chi connectivity index (χ0n) is 12.3. The first-order valence-corrected chi connectivity index (χ1v) is 8.82. The van der Waals surface area contributed by atoms with Crippen LogP contribution in [0.5, 0.6) is 0 Å². The number of fused-ring (bicyclic) bond motifs is 1. The molecule has 0 saturated heterocycles. The van der Waals surface area contributed by atoms with Gasteiger partial charge in [0.25, 0.3) is 0 Å². The van der Waals surface area contributed by atoms with Gasteiger partial charge in [-0.2, -0.15) is 5.10 Å². The second kappa shape index (κ2) is 6.16. The molecule has 1 aromatic heterocycles. The first-order valence-electron chi connectivity index (χ1n) is 7.31. The van der Waals surface area contributed by atoms with Gasteiger partial charge in [-0.05, 0) is 42.8 Å². The minimum Gasteiger partial charge on any atom is -0.369 e. The topological polar surface area (TPSA) is 29.9 Å². The van der Waals surface area contributed by atoms with E-state index in [1.807, 2.05) is 16.8 Å². The number of nitrogens with zero attached hydrogens (tertiary/aromatic N) is 2. The van der Waals surface area contributed by atoms with Crippen LogP contribution < -0.4 is 5.32 Å². The molecule has 0 aliphatic carbocycles. The normalized spacial score (nSPS) is 13.0. The van der Waals surface area contributed by atoms with Crippen LogP contribution in [0.4, 0.5) is 5.82 Å². The minimum absolute atomic E-state index is 0.485. The summed E-state index contributed by atoms with van der Waals surface area (Å²) in [5, 5.41) is 10.4. The van der Waals surface area contributed by atoms with Crippen LogP contribution in [0.15, 0.2) is 36.4 Å². The van der Waals surface area contributed by atoms with Crippen LogP contribution in [0.3, 0.4) is 0 Å². The molecule has 1 aliphatic rings. The van der Waals surface area contributed by atoms with Crippen LogP contribution >= 0.6 is 46.4 Å². The van der Waals surface area contributed by atoms with Crippen LogP contribution in [-0.2, 0) is 6.42 Å². The molecule has 7 heteroatoms. The van der Waals surface area contributed by atoms with Crippen molar-refractivity contribution in [2.75, 3.05) is 11.9 Å².